The van der Waals surface area contributed by atoms with Gasteiger partial charge >= 0.3 is 5.97 Å². The minimum absolute atomic E-state index is 0.0257. The molecule has 1 N–H and O–H groups in total. The van der Waals surface area contributed by atoms with E-state index in [0.29, 0.717) is 18.6 Å². The summed E-state index contributed by atoms with van der Waals surface area (Å²) in [5.41, 5.74) is 4.31. The zero-order valence-corrected chi connectivity index (χ0v) is 22.5. The van der Waals surface area contributed by atoms with Crippen LogP contribution in [0.3, 0.4) is 0 Å². The van der Waals surface area contributed by atoms with E-state index in [2.05, 4.69) is 46.4 Å². The highest BCUT2D eigenvalue weighted by atomic mass is 28.4. The molecule has 0 heterocycles. The fraction of sp³-hybridized carbons (Fsp3) is 0.741. The lowest BCUT2D eigenvalue weighted by molar-refractivity contribution is -0.143. The van der Waals surface area contributed by atoms with Gasteiger partial charge in [0.2, 0.25) is 0 Å². The highest BCUT2D eigenvalue weighted by Gasteiger charge is 2.40. The molecule has 4 nitrogen and oxygen atoms in total. The van der Waals surface area contributed by atoms with E-state index in [1.54, 1.807) is 0 Å². The van der Waals surface area contributed by atoms with Gasteiger partial charge in [-0.25, -0.2) is 4.79 Å². The number of carboxylic acid groups (broad SMARTS) is 1. The van der Waals surface area contributed by atoms with Gasteiger partial charge < -0.3 is 9.53 Å². The predicted molar refractivity (Wildman–Crippen MR) is 135 cm³/mol. The second kappa shape index (κ2) is 13.3. The molecule has 1 aliphatic carbocycles. The summed E-state index contributed by atoms with van der Waals surface area (Å²) < 4.78 is 6.00. The lowest BCUT2D eigenvalue weighted by Crippen LogP contribution is -2.45. The van der Waals surface area contributed by atoms with Crippen LogP contribution in [0.5, 0.6) is 0 Å². The van der Waals surface area contributed by atoms with Gasteiger partial charge in [-0.05, 0) is 61.9 Å². The first kappa shape index (κ1) is 28.6. The SMILES string of the molecule is CCCCC(C)CCCC1=CCC(=O)[C@@H]1CCC=C=CC(O[Si](C)(C)C(C)(C)C)C(=O)O. The van der Waals surface area contributed by atoms with E-state index < -0.39 is 20.4 Å². The van der Waals surface area contributed by atoms with Gasteiger partial charge in [0, 0.05) is 12.3 Å². The van der Waals surface area contributed by atoms with Gasteiger partial charge in [-0.3, -0.25) is 4.79 Å². The molecule has 0 aromatic heterocycles. The number of hydrogen-bond acceptors (Lipinski definition) is 3. The Morgan fingerprint density at radius 3 is 2.56 bits per heavy atom. The first-order valence-electron chi connectivity index (χ1n) is 12.4. The van der Waals surface area contributed by atoms with Crippen molar-refractivity contribution in [1.29, 1.82) is 0 Å². The van der Waals surface area contributed by atoms with Crippen molar-refractivity contribution in [3.8, 4) is 0 Å². The van der Waals surface area contributed by atoms with Crippen LogP contribution in [0.25, 0.3) is 0 Å². The summed E-state index contributed by atoms with van der Waals surface area (Å²) in [7, 11) is -2.19. The van der Waals surface area contributed by atoms with E-state index in [1.165, 1.54) is 37.3 Å². The Kier molecular flexibility index (Phi) is 11.9. The molecule has 3 atom stereocenters. The van der Waals surface area contributed by atoms with E-state index in [9.17, 15) is 14.7 Å². The van der Waals surface area contributed by atoms with E-state index in [1.807, 2.05) is 19.2 Å². The number of unbranched alkanes of at least 4 members (excludes halogenated alkanes) is 1. The van der Waals surface area contributed by atoms with Crippen molar-refractivity contribution in [3.63, 3.8) is 0 Å². The van der Waals surface area contributed by atoms with Gasteiger partial charge in [-0.2, -0.15) is 0 Å². The topological polar surface area (TPSA) is 63.6 Å². The van der Waals surface area contributed by atoms with E-state index in [4.69, 9.17) is 4.43 Å². The first-order chi connectivity index (χ1) is 14.9. The minimum atomic E-state index is -2.19. The van der Waals surface area contributed by atoms with Crippen LogP contribution in [0.2, 0.25) is 18.1 Å². The predicted octanol–water partition coefficient (Wildman–Crippen LogP) is 7.46. The number of rotatable bonds is 14. The summed E-state index contributed by atoms with van der Waals surface area (Å²) >= 11 is 0. The fourth-order valence-corrected chi connectivity index (χ4v) is 4.99. The monoisotopic (exact) mass is 462 g/mol. The lowest BCUT2D eigenvalue weighted by Gasteiger charge is -2.37. The van der Waals surface area contributed by atoms with Crippen molar-refractivity contribution >= 4 is 20.1 Å². The summed E-state index contributed by atoms with van der Waals surface area (Å²) in [4.78, 5) is 24.0. The largest absolute Gasteiger partial charge is 0.479 e. The molecule has 1 aliphatic rings. The Morgan fingerprint density at radius 2 is 1.97 bits per heavy atom. The van der Waals surface area contributed by atoms with Gasteiger partial charge in [0.25, 0.3) is 0 Å². The van der Waals surface area contributed by atoms with Crippen molar-refractivity contribution in [1.82, 2.24) is 0 Å². The molecular weight excluding hydrogens is 416 g/mol. The third-order valence-corrected chi connectivity index (χ3v) is 11.5. The molecule has 0 fully saturated rings. The summed E-state index contributed by atoms with van der Waals surface area (Å²) in [6.07, 6.45) is 13.8. The van der Waals surface area contributed by atoms with Gasteiger partial charge in [-0.1, -0.05) is 72.0 Å². The molecular formula is C27H46O4Si. The molecule has 1 rings (SSSR count). The van der Waals surface area contributed by atoms with Crippen LogP contribution in [0.4, 0.5) is 0 Å². The molecule has 0 aromatic carbocycles. The maximum atomic E-state index is 12.3. The highest BCUT2D eigenvalue weighted by molar-refractivity contribution is 6.74. The Morgan fingerprint density at radius 1 is 1.31 bits per heavy atom. The van der Waals surface area contributed by atoms with Crippen molar-refractivity contribution < 1.29 is 19.1 Å². The number of hydrogen-bond donors (Lipinski definition) is 1. The van der Waals surface area contributed by atoms with Gasteiger partial charge in [0.05, 0.1) is 0 Å². The number of aliphatic carboxylic acids is 1. The zero-order valence-electron chi connectivity index (χ0n) is 21.5. The van der Waals surface area contributed by atoms with Crippen LogP contribution in [0, 0.1) is 11.8 Å². The summed E-state index contributed by atoms with van der Waals surface area (Å²) in [6.45, 7) is 14.9. The minimum Gasteiger partial charge on any atom is -0.479 e. The third-order valence-electron chi connectivity index (χ3n) is 7.05. The number of carbonyl (C=O) groups excluding carboxylic acids is 1. The molecule has 2 unspecified atom stereocenters. The average molecular weight is 463 g/mol. The summed E-state index contributed by atoms with van der Waals surface area (Å²) in [5.74, 6) is 0.119. The lowest BCUT2D eigenvalue weighted by atomic mass is 9.90. The Labute approximate surface area is 197 Å². The number of ketones is 1. The second-order valence-electron chi connectivity index (χ2n) is 10.9. The molecule has 0 saturated carbocycles. The van der Waals surface area contributed by atoms with Crippen molar-refractivity contribution in [2.24, 2.45) is 11.8 Å². The molecule has 0 radical (unpaired) electrons. The molecule has 5 heteroatoms. The van der Waals surface area contributed by atoms with Crippen LogP contribution in [-0.4, -0.2) is 31.3 Å². The van der Waals surface area contributed by atoms with Crippen LogP contribution in [0.1, 0.15) is 92.4 Å². The maximum Gasteiger partial charge on any atom is 0.336 e. The Bertz CT molecular complexity index is 708. The van der Waals surface area contributed by atoms with Gasteiger partial charge in [-0.15, -0.1) is 5.73 Å². The van der Waals surface area contributed by atoms with Gasteiger partial charge in [0.15, 0.2) is 14.4 Å². The van der Waals surface area contributed by atoms with Crippen LogP contribution >= 0.6 is 0 Å². The summed E-state index contributed by atoms with van der Waals surface area (Å²) in [5, 5.41) is 9.47. The molecule has 0 bridgehead atoms. The molecule has 0 aliphatic heterocycles. The summed E-state index contributed by atoms with van der Waals surface area (Å²) in [6, 6.07) is 0. The smallest absolute Gasteiger partial charge is 0.336 e. The maximum absolute atomic E-state index is 12.3. The molecule has 0 aromatic rings. The third kappa shape index (κ3) is 9.60. The molecule has 0 saturated heterocycles. The number of Topliss-reactive ketones (excluding diaryl/α,β-unsaturated/α-hetero) is 1. The van der Waals surface area contributed by atoms with Crippen molar-refractivity contribution in [2.45, 2.75) is 117 Å². The standard InChI is InChI=1S/C27H46O4Si/c1-8-9-14-21(2)15-13-16-22-19-20-24(28)23(22)17-11-10-12-18-25(26(29)30)31-32(6,7)27(3,4)5/h10,18-19,21,23,25H,8-9,11,13-17,20H2,1-7H3,(H,29,30)/t12?,21?,23-,25?/m1/s1. The van der Waals surface area contributed by atoms with Crippen LogP contribution < -0.4 is 0 Å². The highest BCUT2D eigenvalue weighted by Crippen LogP contribution is 2.37. The average Bonchev–Trinajstić information content (AvgIpc) is 3.03. The van der Waals surface area contributed by atoms with Crippen LogP contribution in [0.15, 0.2) is 29.5 Å². The second-order valence-corrected chi connectivity index (χ2v) is 15.6. The quantitative estimate of drug-likeness (QED) is 0.165. The number of carboxylic acids is 1. The van der Waals surface area contributed by atoms with E-state index in [-0.39, 0.29) is 11.0 Å². The molecule has 182 valence electrons. The van der Waals surface area contributed by atoms with Gasteiger partial charge in [0.1, 0.15) is 5.78 Å². The normalized spacial score (nSPS) is 18.7. The number of allylic oxidation sites excluding steroid dienone is 2. The molecule has 0 spiro atoms. The Balaban J connectivity index is 2.57. The molecule has 0 amide bonds. The van der Waals surface area contributed by atoms with E-state index >= 15 is 0 Å². The van der Waals surface area contributed by atoms with Crippen molar-refractivity contribution in [2.75, 3.05) is 0 Å². The number of carbonyl (C=O) groups is 2. The Hall–Kier alpha value is -1.42. The molecule has 32 heavy (non-hydrogen) atoms. The first-order valence-corrected chi connectivity index (χ1v) is 15.3. The fourth-order valence-electron chi connectivity index (χ4n) is 3.84. The van der Waals surface area contributed by atoms with Crippen LogP contribution in [-0.2, 0) is 14.0 Å². The van der Waals surface area contributed by atoms with E-state index in [0.717, 1.165) is 25.2 Å². The zero-order chi connectivity index (χ0) is 24.4. The van der Waals surface area contributed by atoms with Crippen molar-refractivity contribution in [3.05, 3.63) is 29.5 Å².